The molecule has 80 valence electrons. The van der Waals surface area contributed by atoms with Crippen molar-refractivity contribution in [2.75, 3.05) is 0 Å². The molecule has 1 atom stereocenters. The predicted octanol–water partition coefficient (Wildman–Crippen LogP) is 3.23. The minimum absolute atomic E-state index is 0.220. The van der Waals surface area contributed by atoms with Gasteiger partial charge in [-0.25, -0.2) is 4.79 Å². The molecule has 1 saturated carbocycles. The Labute approximate surface area is 86.0 Å². The summed E-state index contributed by atoms with van der Waals surface area (Å²) < 4.78 is 0. The van der Waals surface area contributed by atoms with Crippen molar-refractivity contribution in [3.05, 3.63) is 11.6 Å². The quantitative estimate of drug-likeness (QED) is 0.703. The zero-order valence-electron chi connectivity index (χ0n) is 9.12. The van der Waals surface area contributed by atoms with E-state index in [1.165, 1.54) is 32.1 Å². The van der Waals surface area contributed by atoms with E-state index in [0.29, 0.717) is 11.5 Å². The zero-order valence-corrected chi connectivity index (χ0v) is 9.12. The molecule has 0 aromatic carbocycles. The van der Waals surface area contributed by atoms with Crippen LogP contribution in [0.3, 0.4) is 0 Å². The lowest BCUT2D eigenvalue weighted by Crippen LogP contribution is -2.21. The van der Waals surface area contributed by atoms with Crippen molar-refractivity contribution in [3.8, 4) is 0 Å². The second-order valence-corrected chi connectivity index (χ2v) is 4.24. The minimum Gasteiger partial charge on any atom is -0.478 e. The number of carbonyl (C=O) groups is 1. The monoisotopic (exact) mass is 196 g/mol. The predicted molar refractivity (Wildman–Crippen MR) is 57.1 cm³/mol. The first-order chi connectivity index (χ1) is 6.66. The molecule has 0 aromatic rings. The normalized spacial score (nSPS) is 22.0. The lowest BCUT2D eigenvalue weighted by molar-refractivity contribution is -0.133. The summed E-state index contributed by atoms with van der Waals surface area (Å²) in [5, 5.41) is 9.01. The number of hydrogen-bond acceptors (Lipinski definition) is 1. The van der Waals surface area contributed by atoms with Crippen LogP contribution in [0.25, 0.3) is 0 Å². The first-order valence-electron chi connectivity index (χ1n) is 5.56. The molecule has 0 heterocycles. The lowest BCUT2D eigenvalue weighted by Gasteiger charge is -2.27. The molecule has 1 fully saturated rings. The average Bonchev–Trinajstić information content (AvgIpc) is 2.19. The molecular weight excluding hydrogens is 176 g/mol. The van der Waals surface area contributed by atoms with Crippen LogP contribution in [0.1, 0.15) is 46.0 Å². The summed E-state index contributed by atoms with van der Waals surface area (Å²) in [6.45, 7) is 3.88. The van der Waals surface area contributed by atoms with Crippen molar-refractivity contribution in [1.29, 1.82) is 0 Å². The molecule has 1 unspecified atom stereocenters. The molecule has 14 heavy (non-hydrogen) atoms. The molecule has 0 aromatic heterocycles. The maximum absolute atomic E-state index is 10.9. The summed E-state index contributed by atoms with van der Waals surface area (Å²) in [5.74, 6) is 0.0643. The summed E-state index contributed by atoms with van der Waals surface area (Å²) in [7, 11) is 0. The molecule has 0 radical (unpaired) electrons. The van der Waals surface area contributed by atoms with Gasteiger partial charge in [-0.2, -0.15) is 0 Å². The fourth-order valence-corrected chi connectivity index (χ4v) is 2.47. The zero-order chi connectivity index (χ0) is 10.6. The highest BCUT2D eigenvalue weighted by molar-refractivity contribution is 5.87. The van der Waals surface area contributed by atoms with Crippen LogP contribution in [0.4, 0.5) is 0 Å². The van der Waals surface area contributed by atoms with E-state index >= 15 is 0 Å². The minimum atomic E-state index is -0.745. The SMILES string of the molecule is CC=C(C(=O)O)C(C)C1CCCCC1. The summed E-state index contributed by atoms with van der Waals surface area (Å²) in [5.41, 5.74) is 0.594. The van der Waals surface area contributed by atoms with Gasteiger partial charge < -0.3 is 5.11 Å². The summed E-state index contributed by atoms with van der Waals surface area (Å²) >= 11 is 0. The topological polar surface area (TPSA) is 37.3 Å². The molecule has 1 aliphatic carbocycles. The highest BCUT2D eigenvalue weighted by Crippen LogP contribution is 2.33. The first kappa shape index (κ1) is 11.3. The Kier molecular flexibility index (Phi) is 4.18. The summed E-state index contributed by atoms with van der Waals surface area (Å²) in [6.07, 6.45) is 8.01. The van der Waals surface area contributed by atoms with Gasteiger partial charge in [-0.05, 0) is 31.6 Å². The van der Waals surface area contributed by atoms with Crippen LogP contribution < -0.4 is 0 Å². The van der Waals surface area contributed by atoms with Crippen molar-refractivity contribution >= 4 is 5.97 Å². The number of hydrogen-bond donors (Lipinski definition) is 1. The van der Waals surface area contributed by atoms with Crippen molar-refractivity contribution in [2.45, 2.75) is 46.0 Å². The average molecular weight is 196 g/mol. The molecule has 0 bridgehead atoms. The van der Waals surface area contributed by atoms with E-state index in [4.69, 9.17) is 5.11 Å². The van der Waals surface area contributed by atoms with E-state index in [0.717, 1.165) is 0 Å². The molecule has 2 heteroatoms. The van der Waals surface area contributed by atoms with Crippen LogP contribution in [0.2, 0.25) is 0 Å². The molecule has 0 spiro atoms. The Morgan fingerprint density at radius 1 is 1.36 bits per heavy atom. The standard InChI is InChI=1S/C12H20O2/c1-3-11(12(13)14)9(2)10-7-5-4-6-8-10/h3,9-10H,4-8H2,1-2H3,(H,13,14). The molecule has 1 aliphatic rings. The van der Waals surface area contributed by atoms with Crippen molar-refractivity contribution < 1.29 is 9.90 Å². The Balaban J connectivity index is 2.61. The van der Waals surface area contributed by atoms with Crippen LogP contribution in [0.15, 0.2) is 11.6 Å². The van der Waals surface area contributed by atoms with Gasteiger partial charge in [-0.15, -0.1) is 0 Å². The largest absolute Gasteiger partial charge is 0.478 e. The third-order valence-corrected chi connectivity index (χ3v) is 3.41. The number of rotatable bonds is 3. The Bertz CT molecular complexity index is 224. The second kappa shape index (κ2) is 5.18. The molecule has 0 amide bonds. The van der Waals surface area contributed by atoms with Crippen LogP contribution in [0.5, 0.6) is 0 Å². The van der Waals surface area contributed by atoms with Gasteiger partial charge in [0.15, 0.2) is 0 Å². The molecular formula is C12H20O2. The van der Waals surface area contributed by atoms with Crippen LogP contribution in [-0.2, 0) is 4.79 Å². The number of aliphatic carboxylic acids is 1. The van der Waals surface area contributed by atoms with Gasteiger partial charge in [0.25, 0.3) is 0 Å². The van der Waals surface area contributed by atoms with Crippen molar-refractivity contribution in [3.63, 3.8) is 0 Å². The van der Waals surface area contributed by atoms with Gasteiger partial charge in [0.05, 0.1) is 0 Å². The van der Waals surface area contributed by atoms with Crippen LogP contribution in [-0.4, -0.2) is 11.1 Å². The van der Waals surface area contributed by atoms with Gasteiger partial charge in [0, 0.05) is 5.57 Å². The maximum atomic E-state index is 10.9. The molecule has 0 saturated heterocycles. The van der Waals surface area contributed by atoms with Crippen LogP contribution in [0, 0.1) is 11.8 Å². The molecule has 1 N–H and O–H groups in total. The summed E-state index contributed by atoms with van der Waals surface area (Å²) in [4.78, 5) is 10.9. The van der Waals surface area contributed by atoms with E-state index < -0.39 is 5.97 Å². The second-order valence-electron chi connectivity index (χ2n) is 4.24. The van der Waals surface area contributed by atoms with Crippen molar-refractivity contribution in [2.24, 2.45) is 11.8 Å². The van der Waals surface area contributed by atoms with E-state index in [2.05, 4.69) is 6.92 Å². The Morgan fingerprint density at radius 2 is 1.93 bits per heavy atom. The fraction of sp³-hybridized carbons (Fsp3) is 0.750. The van der Waals surface area contributed by atoms with E-state index in [-0.39, 0.29) is 5.92 Å². The molecule has 2 nitrogen and oxygen atoms in total. The first-order valence-corrected chi connectivity index (χ1v) is 5.56. The smallest absolute Gasteiger partial charge is 0.331 e. The highest BCUT2D eigenvalue weighted by Gasteiger charge is 2.25. The third-order valence-electron chi connectivity index (χ3n) is 3.41. The highest BCUT2D eigenvalue weighted by atomic mass is 16.4. The third kappa shape index (κ3) is 2.60. The number of carboxylic acid groups (broad SMARTS) is 1. The Morgan fingerprint density at radius 3 is 2.36 bits per heavy atom. The van der Waals surface area contributed by atoms with Gasteiger partial charge in [0.2, 0.25) is 0 Å². The van der Waals surface area contributed by atoms with Crippen LogP contribution >= 0.6 is 0 Å². The number of carboxylic acids is 1. The number of allylic oxidation sites excluding steroid dienone is 1. The maximum Gasteiger partial charge on any atom is 0.331 e. The van der Waals surface area contributed by atoms with E-state index in [1.54, 1.807) is 6.08 Å². The van der Waals surface area contributed by atoms with Gasteiger partial charge in [0.1, 0.15) is 0 Å². The lowest BCUT2D eigenvalue weighted by atomic mass is 9.77. The van der Waals surface area contributed by atoms with Gasteiger partial charge >= 0.3 is 5.97 Å². The van der Waals surface area contributed by atoms with Gasteiger partial charge in [-0.1, -0.05) is 32.3 Å². The molecule has 0 aliphatic heterocycles. The summed E-state index contributed by atoms with van der Waals surface area (Å²) in [6, 6.07) is 0. The Hall–Kier alpha value is -0.790. The fourth-order valence-electron chi connectivity index (χ4n) is 2.47. The van der Waals surface area contributed by atoms with Crippen molar-refractivity contribution in [1.82, 2.24) is 0 Å². The van der Waals surface area contributed by atoms with E-state index in [1.807, 2.05) is 6.92 Å². The molecule has 1 rings (SSSR count). The van der Waals surface area contributed by atoms with E-state index in [9.17, 15) is 4.79 Å². The van der Waals surface area contributed by atoms with Gasteiger partial charge in [-0.3, -0.25) is 0 Å².